The number of hydrogen-bond donors (Lipinski definition) is 2. The monoisotopic (exact) mass is 291 g/mol. The van der Waals surface area contributed by atoms with Crippen LogP contribution in [0.5, 0.6) is 0 Å². The second kappa shape index (κ2) is 7.31. The van der Waals surface area contributed by atoms with Gasteiger partial charge in [-0.2, -0.15) is 0 Å². The number of aryl methyl sites for hydroxylation is 1. The van der Waals surface area contributed by atoms with Gasteiger partial charge in [0.2, 0.25) is 0 Å². The summed E-state index contributed by atoms with van der Waals surface area (Å²) < 4.78 is 5.21. The summed E-state index contributed by atoms with van der Waals surface area (Å²) in [5, 5.41) is 5.92. The molecule has 1 aromatic heterocycles. The predicted octanol–water partition coefficient (Wildman–Crippen LogP) is 2.43. The fourth-order valence-electron chi connectivity index (χ4n) is 2.62. The van der Waals surface area contributed by atoms with Gasteiger partial charge in [-0.1, -0.05) is 12.2 Å². The highest BCUT2D eigenvalue weighted by Crippen LogP contribution is 2.12. The molecule has 0 radical (unpaired) electrons. The van der Waals surface area contributed by atoms with Gasteiger partial charge in [-0.05, 0) is 32.8 Å². The summed E-state index contributed by atoms with van der Waals surface area (Å²) in [6.45, 7) is 11.4. The van der Waals surface area contributed by atoms with Gasteiger partial charge in [-0.25, -0.2) is 4.79 Å². The number of rotatable bonds is 5. The van der Waals surface area contributed by atoms with Gasteiger partial charge in [0.05, 0.1) is 6.26 Å². The average Bonchev–Trinajstić information content (AvgIpc) is 2.84. The first-order valence-corrected chi connectivity index (χ1v) is 7.48. The first-order chi connectivity index (χ1) is 10.0. The highest BCUT2D eigenvalue weighted by atomic mass is 16.3. The molecule has 1 fully saturated rings. The smallest absolute Gasteiger partial charge is 0.315 e. The third-order valence-electron chi connectivity index (χ3n) is 3.82. The number of urea groups is 1. The molecule has 2 rings (SSSR count). The van der Waals surface area contributed by atoms with Crippen molar-refractivity contribution in [1.82, 2.24) is 15.5 Å². The lowest BCUT2D eigenvalue weighted by Crippen LogP contribution is -2.47. The Morgan fingerprint density at radius 3 is 2.76 bits per heavy atom. The molecule has 1 aliphatic heterocycles. The molecular weight excluding hydrogens is 266 g/mol. The van der Waals surface area contributed by atoms with Crippen LogP contribution >= 0.6 is 0 Å². The number of piperidine rings is 1. The Morgan fingerprint density at radius 1 is 1.48 bits per heavy atom. The van der Waals surface area contributed by atoms with Gasteiger partial charge in [0.1, 0.15) is 5.76 Å². The van der Waals surface area contributed by atoms with E-state index in [1.54, 1.807) is 6.26 Å². The summed E-state index contributed by atoms with van der Waals surface area (Å²) in [4.78, 5) is 14.3. The summed E-state index contributed by atoms with van der Waals surface area (Å²) >= 11 is 0. The SMILES string of the molecule is C=C(C)CN1CCC(NC(=O)NCc2ccoc2C)CC1. The molecule has 116 valence electrons. The molecule has 0 aromatic carbocycles. The topological polar surface area (TPSA) is 57.5 Å². The standard InChI is InChI=1S/C16H25N3O2/c1-12(2)11-19-7-4-15(5-8-19)18-16(20)17-10-14-6-9-21-13(14)3/h6,9,15H,1,4-5,7-8,10-11H2,2-3H3,(H2,17,18,20). The van der Waals surface area contributed by atoms with Crippen molar-refractivity contribution in [2.75, 3.05) is 19.6 Å². The van der Waals surface area contributed by atoms with Crippen LogP contribution in [0, 0.1) is 6.92 Å². The maximum atomic E-state index is 11.9. The average molecular weight is 291 g/mol. The summed E-state index contributed by atoms with van der Waals surface area (Å²) in [5.41, 5.74) is 2.20. The van der Waals surface area contributed by atoms with Gasteiger partial charge in [-0.3, -0.25) is 4.90 Å². The van der Waals surface area contributed by atoms with E-state index in [1.807, 2.05) is 13.0 Å². The van der Waals surface area contributed by atoms with Crippen molar-refractivity contribution in [1.29, 1.82) is 0 Å². The summed E-state index contributed by atoms with van der Waals surface area (Å²) in [6.07, 6.45) is 3.62. The number of nitrogens with zero attached hydrogens (tertiary/aromatic N) is 1. The summed E-state index contributed by atoms with van der Waals surface area (Å²) in [7, 11) is 0. The minimum absolute atomic E-state index is 0.103. The van der Waals surface area contributed by atoms with Gasteiger partial charge < -0.3 is 15.1 Å². The largest absolute Gasteiger partial charge is 0.469 e. The summed E-state index contributed by atoms with van der Waals surface area (Å²) in [5.74, 6) is 0.850. The molecule has 0 bridgehead atoms. The molecule has 1 aromatic rings. The zero-order valence-corrected chi connectivity index (χ0v) is 12.9. The van der Waals surface area contributed by atoms with E-state index in [4.69, 9.17) is 4.42 Å². The number of likely N-dealkylation sites (tertiary alicyclic amines) is 1. The number of amides is 2. The van der Waals surface area contributed by atoms with Crippen LogP contribution in [0.2, 0.25) is 0 Å². The van der Waals surface area contributed by atoms with Gasteiger partial charge >= 0.3 is 6.03 Å². The van der Waals surface area contributed by atoms with Crippen LogP contribution in [0.4, 0.5) is 4.79 Å². The zero-order valence-electron chi connectivity index (χ0n) is 12.9. The fraction of sp³-hybridized carbons (Fsp3) is 0.562. The van der Waals surface area contributed by atoms with Crippen molar-refractivity contribution in [2.24, 2.45) is 0 Å². The van der Waals surface area contributed by atoms with Crippen LogP contribution in [0.15, 0.2) is 28.9 Å². The van der Waals surface area contributed by atoms with Crippen LogP contribution in [-0.2, 0) is 6.54 Å². The molecule has 1 aliphatic rings. The van der Waals surface area contributed by atoms with Crippen LogP contribution < -0.4 is 10.6 Å². The second-order valence-electron chi connectivity index (χ2n) is 5.84. The third kappa shape index (κ3) is 4.93. The minimum Gasteiger partial charge on any atom is -0.469 e. The van der Waals surface area contributed by atoms with Gasteiger partial charge in [0.25, 0.3) is 0 Å². The third-order valence-corrected chi connectivity index (χ3v) is 3.82. The van der Waals surface area contributed by atoms with Crippen LogP contribution in [0.25, 0.3) is 0 Å². The molecular formula is C16H25N3O2. The van der Waals surface area contributed by atoms with Crippen molar-refractivity contribution in [2.45, 2.75) is 39.3 Å². The highest BCUT2D eigenvalue weighted by molar-refractivity contribution is 5.74. The van der Waals surface area contributed by atoms with E-state index in [2.05, 4.69) is 29.0 Å². The Balaban J connectivity index is 1.67. The molecule has 0 atom stereocenters. The molecule has 0 saturated carbocycles. The molecule has 0 spiro atoms. The Bertz CT molecular complexity index is 487. The lowest BCUT2D eigenvalue weighted by atomic mass is 10.0. The maximum absolute atomic E-state index is 11.9. The van der Waals surface area contributed by atoms with Gasteiger partial charge in [0.15, 0.2) is 0 Å². The van der Waals surface area contributed by atoms with E-state index in [9.17, 15) is 4.79 Å². The number of hydrogen-bond acceptors (Lipinski definition) is 3. The first-order valence-electron chi connectivity index (χ1n) is 7.48. The van der Waals surface area contributed by atoms with E-state index in [0.717, 1.165) is 43.8 Å². The first kappa shape index (κ1) is 15.6. The van der Waals surface area contributed by atoms with Crippen molar-refractivity contribution in [3.8, 4) is 0 Å². The lowest BCUT2D eigenvalue weighted by molar-refractivity contribution is 0.201. The number of carbonyl (C=O) groups excluding carboxylic acids is 1. The number of carbonyl (C=O) groups is 1. The van der Waals surface area contributed by atoms with Crippen molar-refractivity contribution in [3.63, 3.8) is 0 Å². The second-order valence-corrected chi connectivity index (χ2v) is 5.84. The van der Waals surface area contributed by atoms with Gasteiger partial charge in [0, 0.05) is 37.8 Å². The Morgan fingerprint density at radius 2 is 2.19 bits per heavy atom. The molecule has 5 nitrogen and oxygen atoms in total. The quantitative estimate of drug-likeness (QED) is 0.819. The Labute approximate surface area is 126 Å². The van der Waals surface area contributed by atoms with Crippen molar-refractivity contribution < 1.29 is 9.21 Å². The van der Waals surface area contributed by atoms with E-state index in [-0.39, 0.29) is 12.1 Å². The van der Waals surface area contributed by atoms with Crippen LogP contribution in [-0.4, -0.2) is 36.6 Å². The van der Waals surface area contributed by atoms with E-state index in [1.165, 1.54) is 5.57 Å². The molecule has 0 unspecified atom stereocenters. The Hall–Kier alpha value is -1.75. The molecule has 5 heteroatoms. The van der Waals surface area contributed by atoms with Crippen LogP contribution in [0.3, 0.4) is 0 Å². The molecule has 2 amide bonds. The fourth-order valence-corrected chi connectivity index (χ4v) is 2.62. The number of nitrogens with one attached hydrogen (secondary N) is 2. The lowest BCUT2D eigenvalue weighted by Gasteiger charge is -2.32. The zero-order chi connectivity index (χ0) is 15.2. The van der Waals surface area contributed by atoms with E-state index in [0.29, 0.717) is 6.54 Å². The minimum atomic E-state index is -0.103. The number of furan rings is 1. The summed E-state index contributed by atoms with van der Waals surface area (Å²) in [6, 6.07) is 2.04. The maximum Gasteiger partial charge on any atom is 0.315 e. The van der Waals surface area contributed by atoms with Crippen molar-refractivity contribution >= 4 is 6.03 Å². The molecule has 2 heterocycles. The molecule has 0 aliphatic carbocycles. The Kier molecular flexibility index (Phi) is 5.44. The molecule has 21 heavy (non-hydrogen) atoms. The van der Waals surface area contributed by atoms with Gasteiger partial charge in [-0.15, -0.1) is 0 Å². The molecule has 2 N–H and O–H groups in total. The van der Waals surface area contributed by atoms with E-state index < -0.39 is 0 Å². The molecule has 1 saturated heterocycles. The predicted molar refractivity (Wildman–Crippen MR) is 83.1 cm³/mol. The van der Waals surface area contributed by atoms with Crippen LogP contribution in [0.1, 0.15) is 31.1 Å². The highest BCUT2D eigenvalue weighted by Gasteiger charge is 2.20. The normalized spacial score (nSPS) is 16.7. The van der Waals surface area contributed by atoms with Crippen molar-refractivity contribution in [3.05, 3.63) is 35.8 Å². The van der Waals surface area contributed by atoms with E-state index >= 15 is 0 Å².